The zero-order valence-electron chi connectivity index (χ0n) is 9.85. The molecule has 90 valence electrons. The molecule has 1 heterocycles. The van der Waals surface area contributed by atoms with E-state index in [2.05, 4.69) is 17.4 Å². The standard InChI is InChI=1S/C13H16N2OS/c1-2-11-12(16)15(13(17)14-11)9-8-10-6-4-3-5-7-10/h3-7,11H,2,8-9H2,1H3,(H,14,17). The SMILES string of the molecule is CCC1NC(=S)N(CCc2ccccc2)C1=O. The van der Waals surface area contributed by atoms with Crippen LogP contribution in [-0.2, 0) is 11.2 Å². The van der Waals surface area contributed by atoms with E-state index in [1.165, 1.54) is 5.56 Å². The molecule has 3 nitrogen and oxygen atoms in total. The minimum absolute atomic E-state index is 0.105. The van der Waals surface area contributed by atoms with Gasteiger partial charge in [0.2, 0.25) is 0 Å². The number of nitrogens with zero attached hydrogens (tertiary/aromatic N) is 1. The quantitative estimate of drug-likeness (QED) is 0.824. The van der Waals surface area contributed by atoms with E-state index < -0.39 is 0 Å². The van der Waals surface area contributed by atoms with Crippen molar-refractivity contribution in [2.24, 2.45) is 0 Å². The van der Waals surface area contributed by atoms with Crippen molar-refractivity contribution in [2.75, 3.05) is 6.54 Å². The Morgan fingerprint density at radius 3 is 2.65 bits per heavy atom. The molecule has 17 heavy (non-hydrogen) atoms. The maximum Gasteiger partial charge on any atom is 0.251 e. The van der Waals surface area contributed by atoms with Crippen molar-refractivity contribution >= 4 is 23.2 Å². The first-order valence-electron chi connectivity index (χ1n) is 5.88. The summed E-state index contributed by atoms with van der Waals surface area (Å²) in [6.45, 7) is 2.64. The molecule has 0 aliphatic carbocycles. The molecule has 1 unspecified atom stereocenters. The van der Waals surface area contributed by atoms with Crippen LogP contribution in [0, 0.1) is 0 Å². The van der Waals surface area contributed by atoms with Crippen molar-refractivity contribution in [3.8, 4) is 0 Å². The summed E-state index contributed by atoms with van der Waals surface area (Å²) in [5.41, 5.74) is 1.23. The average molecular weight is 248 g/mol. The van der Waals surface area contributed by atoms with Gasteiger partial charge in [0.1, 0.15) is 6.04 Å². The zero-order valence-corrected chi connectivity index (χ0v) is 10.7. The van der Waals surface area contributed by atoms with E-state index in [-0.39, 0.29) is 11.9 Å². The van der Waals surface area contributed by atoms with E-state index in [0.29, 0.717) is 11.7 Å². The van der Waals surface area contributed by atoms with Gasteiger partial charge in [0, 0.05) is 6.54 Å². The Labute approximate surface area is 107 Å². The molecule has 0 radical (unpaired) electrons. The van der Waals surface area contributed by atoms with Gasteiger partial charge < -0.3 is 5.32 Å². The Kier molecular flexibility index (Phi) is 3.74. The molecule has 1 aliphatic rings. The Hall–Kier alpha value is -1.42. The molecule has 2 rings (SSSR count). The predicted molar refractivity (Wildman–Crippen MR) is 71.7 cm³/mol. The maximum atomic E-state index is 11.9. The van der Waals surface area contributed by atoms with E-state index in [9.17, 15) is 4.79 Å². The van der Waals surface area contributed by atoms with Gasteiger partial charge >= 0.3 is 0 Å². The van der Waals surface area contributed by atoms with Crippen LogP contribution in [0.3, 0.4) is 0 Å². The first-order chi connectivity index (χ1) is 8.22. The zero-order chi connectivity index (χ0) is 12.3. The van der Waals surface area contributed by atoms with Crippen LogP contribution in [0.4, 0.5) is 0 Å². The highest BCUT2D eigenvalue weighted by Crippen LogP contribution is 2.11. The molecule has 1 N–H and O–H groups in total. The van der Waals surface area contributed by atoms with Crippen LogP contribution in [0.1, 0.15) is 18.9 Å². The number of carbonyl (C=O) groups excluding carboxylic acids is 1. The molecular weight excluding hydrogens is 232 g/mol. The fraction of sp³-hybridized carbons (Fsp3) is 0.385. The number of thiocarbonyl (C=S) groups is 1. The lowest BCUT2D eigenvalue weighted by Crippen LogP contribution is -2.33. The highest BCUT2D eigenvalue weighted by Gasteiger charge is 2.33. The molecule has 0 saturated carbocycles. The minimum atomic E-state index is -0.127. The lowest BCUT2D eigenvalue weighted by molar-refractivity contribution is -0.127. The van der Waals surface area contributed by atoms with Gasteiger partial charge in [-0.2, -0.15) is 0 Å². The van der Waals surface area contributed by atoms with Crippen LogP contribution >= 0.6 is 12.2 Å². The van der Waals surface area contributed by atoms with Gasteiger partial charge in [0.05, 0.1) is 0 Å². The monoisotopic (exact) mass is 248 g/mol. The van der Waals surface area contributed by atoms with E-state index >= 15 is 0 Å². The second-order valence-corrected chi connectivity index (χ2v) is 4.52. The third-order valence-electron chi connectivity index (χ3n) is 2.98. The molecule has 1 aromatic carbocycles. The molecule has 1 fully saturated rings. The van der Waals surface area contributed by atoms with E-state index in [0.717, 1.165) is 12.8 Å². The smallest absolute Gasteiger partial charge is 0.251 e. The average Bonchev–Trinajstić information content (AvgIpc) is 2.63. The summed E-state index contributed by atoms with van der Waals surface area (Å²) in [5, 5.41) is 3.61. The van der Waals surface area contributed by atoms with Crippen LogP contribution < -0.4 is 5.32 Å². The van der Waals surface area contributed by atoms with E-state index in [1.54, 1.807) is 4.90 Å². The van der Waals surface area contributed by atoms with Gasteiger partial charge in [-0.15, -0.1) is 0 Å². The minimum Gasteiger partial charge on any atom is -0.350 e. The Morgan fingerprint density at radius 2 is 2.06 bits per heavy atom. The van der Waals surface area contributed by atoms with Crippen LogP contribution in [0.25, 0.3) is 0 Å². The molecular formula is C13H16N2OS. The van der Waals surface area contributed by atoms with Gasteiger partial charge in [-0.1, -0.05) is 37.3 Å². The summed E-state index contributed by atoms with van der Waals surface area (Å²) in [7, 11) is 0. The summed E-state index contributed by atoms with van der Waals surface area (Å²) in [6.07, 6.45) is 1.62. The van der Waals surface area contributed by atoms with Crippen LogP contribution in [-0.4, -0.2) is 28.5 Å². The molecule has 1 amide bonds. The second kappa shape index (κ2) is 5.27. The van der Waals surface area contributed by atoms with Crippen LogP contribution in [0.2, 0.25) is 0 Å². The van der Waals surface area contributed by atoms with Gasteiger partial charge in [0.25, 0.3) is 5.91 Å². The summed E-state index contributed by atoms with van der Waals surface area (Å²) in [6, 6.07) is 10.0. The van der Waals surface area contributed by atoms with E-state index in [4.69, 9.17) is 12.2 Å². The topological polar surface area (TPSA) is 32.3 Å². The molecule has 1 aromatic rings. The Morgan fingerprint density at radius 1 is 1.35 bits per heavy atom. The molecule has 1 aliphatic heterocycles. The summed E-state index contributed by atoms with van der Waals surface area (Å²) in [5.74, 6) is 0.105. The van der Waals surface area contributed by atoms with Crippen LogP contribution in [0.5, 0.6) is 0 Å². The lowest BCUT2D eigenvalue weighted by Gasteiger charge is -2.14. The fourth-order valence-electron chi connectivity index (χ4n) is 1.95. The third-order valence-corrected chi connectivity index (χ3v) is 3.32. The van der Waals surface area contributed by atoms with Gasteiger partial charge in [-0.3, -0.25) is 9.69 Å². The highest BCUT2D eigenvalue weighted by atomic mass is 32.1. The summed E-state index contributed by atoms with van der Waals surface area (Å²) >= 11 is 5.17. The van der Waals surface area contributed by atoms with Crippen molar-refractivity contribution in [3.05, 3.63) is 35.9 Å². The second-order valence-electron chi connectivity index (χ2n) is 4.14. The van der Waals surface area contributed by atoms with Crippen LogP contribution in [0.15, 0.2) is 30.3 Å². The third kappa shape index (κ3) is 2.64. The van der Waals surface area contributed by atoms with Gasteiger partial charge in [0.15, 0.2) is 5.11 Å². The molecule has 1 saturated heterocycles. The number of benzene rings is 1. The normalized spacial score (nSPS) is 19.6. The molecule has 1 atom stereocenters. The summed E-state index contributed by atoms with van der Waals surface area (Å²) < 4.78 is 0. The first-order valence-corrected chi connectivity index (χ1v) is 6.29. The van der Waals surface area contributed by atoms with Crippen molar-refractivity contribution in [2.45, 2.75) is 25.8 Å². The predicted octanol–water partition coefficient (Wildman–Crippen LogP) is 1.72. The number of nitrogens with one attached hydrogen (secondary N) is 1. The van der Waals surface area contributed by atoms with Crippen molar-refractivity contribution in [3.63, 3.8) is 0 Å². The number of carbonyl (C=O) groups is 1. The number of rotatable bonds is 4. The lowest BCUT2D eigenvalue weighted by atomic mass is 10.1. The fourth-order valence-corrected chi connectivity index (χ4v) is 2.27. The molecule has 0 spiro atoms. The van der Waals surface area contributed by atoms with Crippen molar-refractivity contribution in [1.82, 2.24) is 10.2 Å². The van der Waals surface area contributed by atoms with Gasteiger partial charge in [-0.25, -0.2) is 0 Å². The summed E-state index contributed by atoms with van der Waals surface area (Å²) in [4.78, 5) is 13.6. The molecule has 4 heteroatoms. The maximum absolute atomic E-state index is 11.9. The number of hydrogen-bond donors (Lipinski definition) is 1. The number of hydrogen-bond acceptors (Lipinski definition) is 2. The molecule has 0 aromatic heterocycles. The first kappa shape index (κ1) is 12.0. The van der Waals surface area contributed by atoms with E-state index in [1.807, 2.05) is 25.1 Å². The van der Waals surface area contributed by atoms with Crippen molar-refractivity contribution in [1.29, 1.82) is 0 Å². The van der Waals surface area contributed by atoms with Gasteiger partial charge in [-0.05, 0) is 30.6 Å². The number of amides is 1. The molecule has 0 bridgehead atoms. The Bertz CT molecular complexity index is 419. The largest absolute Gasteiger partial charge is 0.350 e. The Balaban J connectivity index is 1.96. The highest BCUT2D eigenvalue weighted by molar-refractivity contribution is 7.80. The van der Waals surface area contributed by atoms with Crippen molar-refractivity contribution < 1.29 is 4.79 Å².